The lowest BCUT2D eigenvalue weighted by molar-refractivity contribution is -0.262. The molecule has 2 aliphatic rings. The summed E-state index contributed by atoms with van der Waals surface area (Å²) in [5, 5.41) is 10.8. The number of sulfone groups is 1. The second-order valence-corrected chi connectivity index (χ2v) is 12.3. The van der Waals surface area contributed by atoms with Crippen LogP contribution in [-0.4, -0.2) is 62.9 Å². The number of halogens is 4. The molecule has 0 aliphatic carbocycles. The molecule has 1 amide bonds. The number of aliphatic hydroxyl groups is 1. The lowest BCUT2D eigenvalue weighted by atomic mass is 9.78. The fraction of sp³-hybridized carbons (Fsp3) is 0.500. The normalized spacial score (nSPS) is 20.1. The average molecular weight is 559 g/mol. The molecule has 0 saturated carbocycles. The zero-order valence-corrected chi connectivity index (χ0v) is 22.0. The van der Waals surface area contributed by atoms with Crippen LogP contribution in [0, 0.1) is 11.8 Å². The Bertz CT molecular complexity index is 1230. The van der Waals surface area contributed by atoms with Crippen LogP contribution in [0.1, 0.15) is 31.2 Å². The van der Waals surface area contributed by atoms with E-state index < -0.39 is 33.1 Å². The fourth-order valence-electron chi connectivity index (χ4n) is 5.51. The van der Waals surface area contributed by atoms with Crippen molar-refractivity contribution in [2.45, 2.75) is 42.4 Å². The van der Waals surface area contributed by atoms with Crippen LogP contribution < -0.4 is 4.90 Å². The number of alkyl halides is 3. The molecule has 6 nitrogen and oxygen atoms in total. The maximum atomic E-state index is 13.9. The van der Waals surface area contributed by atoms with E-state index in [4.69, 9.17) is 11.6 Å². The molecule has 2 heterocycles. The van der Waals surface area contributed by atoms with Gasteiger partial charge in [-0.2, -0.15) is 13.2 Å². The Balaban J connectivity index is 1.36. The molecule has 11 heteroatoms. The molecule has 1 unspecified atom stereocenters. The monoisotopic (exact) mass is 558 g/mol. The van der Waals surface area contributed by atoms with Crippen molar-refractivity contribution in [2.24, 2.45) is 11.8 Å². The van der Waals surface area contributed by atoms with Gasteiger partial charge in [0.05, 0.1) is 9.92 Å². The summed E-state index contributed by atoms with van der Waals surface area (Å²) in [5.41, 5.74) is -3.20. The summed E-state index contributed by atoms with van der Waals surface area (Å²) in [6.45, 7) is 1.83. The first-order valence-electron chi connectivity index (χ1n) is 12.2. The number of piperidine rings is 2. The molecule has 1 N–H and O–H groups in total. The minimum atomic E-state index is -5.14. The molecule has 0 radical (unpaired) electrons. The Morgan fingerprint density at radius 3 is 1.97 bits per heavy atom. The van der Waals surface area contributed by atoms with E-state index in [1.165, 1.54) is 24.3 Å². The molecule has 37 heavy (non-hydrogen) atoms. The summed E-state index contributed by atoms with van der Waals surface area (Å²) in [6, 6.07) is 11.4. The highest BCUT2D eigenvalue weighted by atomic mass is 35.5. The molecule has 2 fully saturated rings. The molecule has 4 rings (SSSR count). The van der Waals surface area contributed by atoms with Crippen molar-refractivity contribution in [1.29, 1.82) is 0 Å². The van der Waals surface area contributed by atoms with Crippen molar-refractivity contribution in [1.82, 2.24) is 4.90 Å². The lowest BCUT2D eigenvalue weighted by Gasteiger charge is -2.42. The highest BCUT2D eigenvalue weighted by Crippen LogP contribution is 2.42. The van der Waals surface area contributed by atoms with E-state index in [1.54, 1.807) is 12.1 Å². The zero-order chi connectivity index (χ0) is 27.0. The largest absolute Gasteiger partial charge is 0.430 e. The van der Waals surface area contributed by atoms with Gasteiger partial charge in [-0.05, 0) is 55.7 Å². The molecule has 202 valence electrons. The molecule has 2 saturated heterocycles. The van der Waals surface area contributed by atoms with Crippen molar-refractivity contribution >= 4 is 33.0 Å². The number of carbonyl (C=O) groups excluding carboxylic acids is 1. The van der Waals surface area contributed by atoms with Crippen molar-refractivity contribution < 1.29 is 31.5 Å². The van der Waals surface area contributed by atoms with Gasteiger partial charge in [0, 0.05) is 43.7 Å². The number of hydrogen-bond acceptors (Lipinski definition) is 5. The smallest absolute Gasteiger partial charge is 0.371 e. The number of amides is 1. The Kier molecular flexibility index (Phi) is 7.84. The van der Waals surface area contributed by atoms with Gasteiger partial charge in [-0.15, -0.1) is 0 Å². The van der Waals surface area contributed by atoms with Gasteiger partial charge >= 0.3 is 6.18 Å². The van der Waals surface area contributed by atoms with Gasteiger partial charge in [-0.25, -0.2) is 8.42 Å². The average Bonchev–Trinajstić information content (AvgIpc) is 2.87. The summed E-state index contributed by atoms with van der Waals surface area (Å²) in [7, 11) is -3.40. The Morgan fingerprint density at radius 2 is 1.49 bits per heavy atom. The Morgan fingerprint density at radius 1 is 0.946 bits per heavy atom. The van der Waals surface area contributed by atoms with E-state index >= 15 is 0 Å². The van der Waals surface area contributed by atoms with E-state index in [-0.39, 0.29) is 28.9 Å². The van der Waals surface area contributed by atoms with E-state index in [9.17, 15) is 31.5 Å². The van der Waals surface area contributed by atoms with Crippen LogP contribution in [0.3, 0.4) is 0 Å². The van der Waals surface area contributed by atoms with E-state index in [0.717, 1.165) is 54.9 Å². The number of carbonyl (C=O) groups is 1. The van der Waals surface area contributed by atoms with Gasteiger partial charge in [0.1, 0.15) is 0 Å². The molecule has 2 aliphatic heterocycles. The van der Waals surface area contributed by atoms with Gasteiger partial charge in [-0.1, -0.05) is 41.9 Å². The molecule has 0 aromatic heterocycles. The van der Waals surface area contributed by atoms with Crippen LogP contribution in [0.5, 0.6) is 0 Å². The number of anilines is 1. The van der Waals surface area contributed by atoms with Crippen LogP contribution in [0.15, 0.2) is 53.4 Å². The second-order valence-electron chi connectivity index (χ2n) is 9.92. The third-order valence-corrected chi connectivity index (χ3v) is 9.20. The second kappa shape index (κ2) is 10.5. The van der Waals surface area contributed by atoms with Gasteiger partial charge < -0.3 is 14.9 Å². The summed E-state index contributed by atoms with van der Waals surface area (Å²) in [4.78, 5) is 16.3. The maximum absolute atomic E-state index is 13.9. The summed E-state index contributed by atoms with van der Waals surface area (Å²) in [5.74, 6) is -0.679. The number of benzene rings is 2. The standard InChI is InChI=1S/C26H30ClF3N2O4S/c1-37(35,36)23-8-7-21(17-22(23)27)31-13-9-18(10-14-31)19-11-15-32(16-12-19)24(33)25(34,26(28,29)30)20-5-3-2-4-6-20/h2-8,17-19,34H,9-16H2,1H3. The number of nitrogens with zero attached hydrogens (tertiary/aromatic N) is 2. The third-order valence-electron chi connectivity index (χ3n) is 7.62. The van der Waals surface area contributed by atoms with Crippen LogP contribution in [0.2, 0.25) is 5.02 Å². The van der Waals surface area contributed by atoms with E-state index in [1.807, 2.05) is 0 Å². The van der Waals surface area contributed by atoms with Crippen molar-refractivity contribution in [3.63, 3.8) is 0 Å². The molecule has 0 spiro atoms. The molecular formula is C26H30ClF3N2O4S. The highest BCUT2D eigenvalue weighted by Gasteiger charge is 2.62. The van der Waals surface area contributed by atoms with E-state index in [0.29, 0.717) is 18.8 Å². The van der Waals surface area contributed by atoms with Crippen LogP contribution in [0.4, 0.5) is 18.9 Å². The lowest BCUT2D eigenvalue weighted by Crippen LogP contribution is -2.57. The third kappa shape index (κ3) is 5.61. The van der Waals surface area contributed by atoms with Gasteiger partial charge in [0.2, 0.25) is 0 Å². The molecular weight excluding hydrogens is 529 g/mol. The van der Waals surface area contributed by atoms with Crippen molar-refractivity contribution in [2.75, 3.05) is 37.3 Å². The predicted molar refractivity (Wildman–Crippen MR) is 135 cm³/mol. The van der Waals surface area contributed by atoms with Crippen LogP contribution >= 0.6 is 11.6 Å². The first-order chi connectivity index (χ1) is 17.3. The zero-order valence-electron chi connectivity index (χ0n) is 20.4. The summed E-state index contributed by atoms with van der Waals surface area (Å²) < 4.78 is 65.3. The Labute approximate surface area is 219 Å². The minimum Gasteiger partial charge on any atom is -0.371 e. The van der Waals surface area contributed by atoms with Crippen LogP contribution in [-0.2, 0) is 20.2 Å². The number of hydrogen-bond donors (Lipinski definition) is 1. The minimum absolute atomic E-state index is 0.0961. The maximum Gasteiger partial charge on any atom is 0.430 e. The van der Waals surface area contributed by atoms with Crippen molar-refractivity contribution in [3.05, 3.63) is 59.1 Å². The quantitative estimate of drug-likeness (QED) is 0.578. The Hall–Kier alpha value is -2.30. The SMILES string of the molecule is CS(=O)(=O)c1ccc(N2CCC(C3CCN(C(=O)C(O)(c4ccccc4)C(F)(F)F)CC3)CC2)cc1Cl. The van der Waals surface area contributed by atoms with E-state index in [2.05, 4.69) is 4.90 Å². The van der Waals surface area contributed by atoms with Gasteiger partial charge in [0.25, 0.3) is 11.5 Å². The highest BCUT2D eigenvalue weighted by molar-refractivity contribution is 7.90. The molecule has 2 aromatic rings. The number of rotatable bonds is 5. The predicted octanol–water partition coefficient (Wildman–Crippen LogP) is 4.65. The molecule has 2 aromatic carbocycles. The summed E-state index contributed by atoms with van der Waals surface area (Å²) in [6.07, 6.45) is -1.12. The van der Waals surface area contributed by atoms with Crippen molar-refractivity contribution in [3.8, 4) is 0 Å². The fourth-order valence-corrected chi connectivity index (χ4v) is 6.83. The molecule has 0 bridgehead atoms. The number of likely N-dealkylation sites (tertiary alicyclic amines) is 1. The summed E-state index contributed by atoms with van der Waals surface area (Å²) >= 11 is 6.20. The van der Waals surface area contributed by atoms with Gasteiger partial charge in [-0.3, -0.25) is 4.79 Å². The first-order valence-corrected chi connectivity index (χ1v) is 14.5. The first kappa shape index (κ1) is 27.7. The van der Waals surface area contributed by atoms with Gasteiger partial charge in [0.15, 0.2) is 9.84 Å². The molecule has 1 atom stereocenters. The van der Waals surface area contributed by atoms with Crippen LogP contribution in [0.25, 0.3) is 0 Å². The topological polar surface area (TPSA) is 77.9 Å².